The maximum atomic E-state index is 12.9. The van der Waals surface area contributed by atoms with Crippen LogP contribution in [0.25, 0.3) is 33.4 Å². The van der Waals surface area contributed by atoms with Crippen molar-refractivity contribution in [1.29, 1.82) is 0 Å². The number of furan rings is 1. The third kappa shape index (κ3) is 6.96. The van der Waals surface area contributed by atoms with Crippen molar-refractivity contribution in [3.8, 4) is 28.3 Å². The first-order valence-electron chi connectivity index (χ1n) is 13.9. The minimum Gasteiger partial charge on any atom is -0.488 e. The zero-order chi connectivity index (χ0) is 31.6. The summed E-state index contributed by atoms with van der Waals surface area (Å²) in [4.78, 5) is 22.3. The smallest absolute Gasteiger partial charge is 0.413 e. The highest BCUT2D eigenvalue weighted by atomic mass is 32.2. The van der Waals surface area contributed by atoms with E-state index in [0.717, 1.165) is 9.65 Å². The number of pyridine rings is 2. The number of fused-ring (bicyclic) bond motifs is 1. The van der Waals surface area contributed by atoms with Gasteiger partial charge in [-0.25, -0.2) is 14.0 Å². The molecular formula is C31H34N6O6S. The quantitative estimate of drug-likeness (QED) is 0.176. The van der Waals surface area contributed by atoms with Crippen LogP contribution in [0.3, 0.4) is 0 Å². The van der Waals surface area contributed by atoms with Crippen molar-refractivity contribution in [2.75, 3.05) is 11.9 Å². The molecule has 0 fully saturated rings. The minimum atomic E-state index is -2.35. The summed E-state index contributed by atoms with van der Waals surface area (Å²) >= 11 is -2.35. The van der Waals surface area contributed by atoms with Crippen LogP contribution in [0.15, 0.2) is 65.4 Å². The number of hydrogen-bond acceptors (Lipinski definition) is 9. The third-order valence-electron chi connectivity index (χ3n) is 6.66. The maximum absolute atomic E-state index is 12.9. The van der Waals surface area contributed by atoms with Crippen molar-refractivity contribution < 1.29 is 27.4 Å². The predicted octanol–water partition coefficient (Wildman–Crippen LogP) is 5.65. The van der Waals surface area contributed by atoms with Crippen LogP contribution < -0.4 is 15.8 Å². The van der Waals surface area contributed by atoms with Crippen LogP contribution in [-0.4, -0.2) is 52.3 Å². The summed E-state index contributed by atoms with van der Waals surface area (Å²) < 4.78 is 39.8. The van der Waals surface area contributed by atoms with Gasteiger partial charge in [0.15, 0.2) is 11.6 Å². The van der Waals surface area contributed by atoms with Crippen LogP contribution in [0.1, 0.15) is 37.8 Å². The molecule has 4 aromatic heterocycles. The Hall–Kier alpha value is -4.59. The van der Waals surface area contributed by atoms with E-state index in [-0.39, 0.29) is 24.2 Å². The summed E-state index contributed by atoms with van der Waals surface area (Å²) in [5.41, 5.74) is 9.90. The first-order chi connectivity index (χ1) is 20.9. The maximum Gasteiger partial charge on any atom is 0.413 e. The Labute approximate surface area is 257 Å². The minimum absolute atomic E-state index is 0.129. The SMILES string of the molecule is Cc1occc1-c1nc(NC(=O)OC(C)(C)C)c(OC[C@@H](N)Cc2ccccc2)cc1-c1cc2c(C)nn(S(=O)O)c2cn1. The number of nitrogens with zero attached hydrogens (tertiary/aromatic N) is 4. The van der Waals surface area contributed by atoms with E-state index in [1.54, 1.807) is 59.1 Å². The van der Waals surface area contributed by atoms with Crippen molar-refractivity contribution in [2.24, 2.45) is 5.73 Å². The van der Waals surface area contributed by atoms with E-state index >= 15 is 0 Å². The molecule has 1 unspecified atom stereocenters. The van der Waals surface area contributed by atoms with Crippen LogP contribution in [0.5, 0.6) is 5.75 Å². The molecule has 0 radical (unpaired) electrons. The zero-order valence-corrected chi connectivity index (χ0v) is 25.8. The number of aryl methyl sites for hydroxylation is 2. The Bertz CT molecular complexity index is 1830. The normalized spacial score (nSPS) is 13.1. The lowest BCUT2D eigenvalue weighted by atomic mass is 10.0. The Morgan fingerprint density at radius 2 is 1.91 bits per heavy atom. The molecule has 4 N–H and O–H groups in total. The molecule has 0 aliphatic carbocycles. The largest absolute Gasteiger partial charge is 0.488 e. The lowest BCUT2D eigenvalue weighted by molar-refractivity contribution is 0.0634. The van der Waals surface area contributed by atoms with Gasteiger partial charge in [-0.05, 0) is 64.8 Å². The lowest BCUT2D eigenvalue weighted by Crippen LogP contribution is -2.31. The number of carbonyl (C=O) groups excluding carboxylic acids is 1. The summed E-state index contributed by atoms with van der Waals surface area (Å²) in [5, 5.41) is 7.55. The Kier molecular flexibility index (Phi) is 8.81. The fourth-order valence-electron chi connectivity index (χ4n) is 4.70. The van der Waals surface area contributed by atoms with Crippen LogP contribution in [-0.2, 0) is 22.4 Å². The van der Waals surface area contributed by atoms with Crippen molar-refractivity contribution in [1.82, 2.24) is 19.2 Å². The molecule has 13 heteroatoms. The van der Waals surface area contributed by atoms with E-state index in [9.17, 15) is 13.6 Å². The van der Waals surface area contributed by atoms with Crippen molar-refractivity contribution in [3.63, 3.8) is 0 Å². The number of rotatable bonds is 9. The van der Waals surface area contributed by atoms with Gasteiger partial charge in [0.2, 0.25) is 0 Å². The van der Waals surface area contributed by atoms with E-state index < -0.39 is 23.0 Å². The van der Waals surface area contributed by atoms with Gasteiger partial charge in [0.1, 0.15) is 23.5 Å². The number of benzene rings is 1. The van der Waals surface area contributed by atoms with Crippen molar-refractivity contribution >= 4 is 34.1 Å². The fourth-order valence-corrected chi connectivity index (χ4v) is 5.21. The zero-order valence-electron chi connectivity index (χ0n) is 25.0. The summed E-state index contributed by atoms with van der Waals surface area (Å²) in [6.45, 7) is 8.97. The van der Waals surface area contributed by atoms with Crippen LogP contribution in [0, 0.1) is 13.8 Å². The van der Waals surface area contributed by atoms with Gasteiger partial charge < -0.3 is 19.6 Å². The molecule has 1 amide bonds. The van der Waals surface area contributed by atoms with Gasteiger partial charge in [0.05, 0.1) is 29.5 Å². The second-order valence-corrected chi connectivity index (χ2v) is 12.1. The molecule has 5 aromatic rings. The number of amides is 1. The lowest BCUT2D eigenvalue weighted by Gasteiger charge is -2.21. The molecule has 0 saturated heterocycles. The molecule has 12 nitrogen and oxygen atoms in total. The highest BCUT2D eigenvalue weighted by Gasteiger charge is 2.24. The fraction of sp³-hybridized carbons (Fsp3) is 0.290. The van der Waals surface area contributed by atoms with Crippen LogP contribution in [0.4, 0.5) is 10.6 Å². The first kappa shape index (κ1) is 30.9. The summed E-state index contributed by atoms with van der Waals surface area (Å²) in [7, 11) is 0. The molecule has 2 atom stereocenters. The molecule has 1 aromatic carbocycles. The van der Waals surface area contributed by atoms with E-state index in [1.807, 2.05) is 30.3 Å². The highest BCUT2D eigenvalue weighted by Crippen LogP contribution is 2.39. The average Bonchev–Trinajstić information content (AvgIpc) is 3.54. The molecule has 0 saturated carbocycles. The van der Waals surface area contributed by atoms with E-state index in [1.165, 1.54) is 6.20 Å². The average molecular weight is 619 g/mol. The van der Waals surface area contributed by atoms with E-state index in [0.29, 0.717) is 51.3 Å². The van der Waals surface area contributed by atoms with Crippen molar-refractivity contribution in [2.45, 2.75) is 52.7 Å². The molecule has 0 aliphatic heterocycles. The van der Waals surface area contributed by atoms with E-state index in [4.69, 9.17) is 24.6 Å². The topological polar surface area (TPSA) is 168 Å². The summed E-state index contributed by atoms with van der Waals surface area (Å²) in [6, 6.07) is 14.7. The van der Waals surface area contributed by atoms with Gasteiger partial charge in [-0.1, -0.05) is 30.3 Å². The summed E-state index contributed by atoms with van der Waals surface area (Å²) in [5.74, 6) is 0.984. The van der Waals surface area contributed by atoms with Gasteiger partial charge >= 0.3 is 6.09 Å². The van der Waals surface area contributed by atoms with Crippen LogP contribution >= 0.6 is 0 Å². The second-order valence-electron chi connectivity index (χ2n) is 11.3. The van der Waals surface area contributed by atoms with Crippen molar-refractivity contribution in [3.05, 3.63) is 78.0 Å². The molecule has 44 heavy (non-hydrogen) atoms. The number of carbonyl (C=O) groups is 1. The molecule has 0 aliphatic rings. The molecule has 0 bridgehead atoms. The van der Waals surface area contributed by atoms with Gasteiger partial charge in [0.25, 0.3) is 11.3 Å². The van der Waals surface area contributed by atoms with Gasteiger partial charge in [-0.15, -0.1) is 0 Å². The molecule has 0 spiro atoms. The van der Waals surface area contributed by atoms with Gasteiger partial charge in [-0.2, -0.15) is 9.19 Å². The Balaban J connectivity index is 1.61. The van der Waals surface area contributed by atoms with Crippen LogP contribution in [0.2, 0.25) is 0 Å². The molecule has 5 rings (SSSR count). The number of nitrogens with two attached hydrogens (primary N) is 1. The number of nitrogens with one attached hydrogen (secondary N) is 1. The predicted molar refractivity (Wildman–Crippen MR) is 168 cm³/mol. The number of ether oxygens (including phenoxy) is 2. The van der Waals surface area contributed by atoms with E-state index in [2.05, 4.69) is 15.4 Å². The Morgan fingerprint density at radius 3 is 2.57 bits per heavy atom. The van der Waals surface area contributed by atoms with Gasteiger partial charge in [0, 0.05) is 22.6 Å². The standard InChI is InChI=1S/C31H34N6O6S/c1-18-23-14-25(33-16-26(23)37(36-18)44(39)40)24-15-27(42-17-21(32)13-20-9-7-6-8-10-20)29(35-30(38)43-31(3,4)5)34-28(24)22-11-12-41-19(22)2/h6-12,14-16,21H,13,17,32H2,1-5H3,(H,39,40)(H,34,35,38)/t21-/m0/s1. The number of aromatic nitrogens is 4. The number of hydrogen-bond donors (Lipinski definition) is 3. The molecular weight excluding hydrogens is 584 g/mol. The number of anilines is 1. The highest BCUT2D eigenvalue weighted by molar-refractivity contribution is 7.77. The molecule has 230 valence electrons. The Morgan fingerprint density at radius 1 is 1.16 bits per heavy atom. The third-order valence-corrected chi connectivity index (χ3v) is 7.23. The van der Waals surface area contributed by atoms with Gasteiger partial charge in [-0.3, -0.25) is 14.9 Å². The summed E-state index contributed by atoms with van der Waals surface area (Å²) in [6.07, 6.45) is 2.90. The first-order valence-corrected chi connectivity index (χ1v) is 14.9. The monoisotopic (exact) mass is 618 g/mol. The second kappa shape index (κ2) is 12.6. The molecule has 4 heterocycles.